The molecule has 0 spiro atoms. The second-order valence-electron chi connectivity index (χ2n) is 5.59. The van der Waals surface area contributed by atoms with Crippen LogP contribution < -0.4 is 0 Å². The van der Waals surface area contributed by atoms with E-state index in [1.54, 1.807) is 24.7 Å². The number of carbonyl (C=O) groups excluding carboxylic acids is 1. The zero-order valence-corrected chi connectivity index (χ0v) is 13.6. The Kier molecular flexibility index (Phi) is 5.12. The van der Waals surface area contributed by atoms with Gasteiger partial charge in [0.1, 0.15) is 23.3 Å². The molecule has 1 N–H and O–H groups in total. The fourth-order valence-corrected chi connectivity index (χ4v) is 2.79. The average molecular weight is 331 g/mol. The first-order valence-corrected chi connectivity index (χ1v) is 8.03. The number of nitrogens with zero attached hydrogens (tertiary/aromatic N) is 3. The van der Waals surface area contributed by atoms with E-state index in [9.17, 15) is 4.79 Å². The van der Waals surface area contributed by atoms with Gasteiger partial charge >= 0.3 is 0 Å². The lowest BCUT2D eigenvalue weighted by Crippen LogP contribution is -2.39. The molecular weight excluding hydrogens is 310 g/mol. The van der Waals surface area contributed by atoms with E-state index in [2.05, 4.69) is 5.10 Å². The minimum Gasteiger partial charge on any atom is -0.467 e. The van der Waals surface area contributed by atoms with Crippen LogP contribution in [0.3, 0.4) is 0 Å². The largest absolute Gasteiger partial charge is 0.467 e. The molecule has 1 atom stereocenters. The van der Waals surface area contributed by atoms with Gasteiger partial charge in [0.2, 0.25) is 0 Å². The molecule has 0 fully saturated rings. The van der Waals surface area contributed by atoms with Crippen LogP contribution in [0, 0.1) is 0 Å². The first kappa shape index (κ1) is 16.5. The van der Waals surface area contributed by atoms with Gasteiger partial charge in [0.15, 0.2) is 0 Å². The van der Waals surface area contributed by atoms with Crippen molar-refractivity contribution in [2.24, 2.45) is 5.10 Å². The van der Waals surface area contributed by atoms with Crippen molar-refractivity contribution < 1.29 is 18.7 Å². The monoisotopic (exact) mass is 331 g/mol. The topological polar surface area (TPSA) is 82.4 Å². The number of aliphatic hydroxyl groups is 1. The number of hydrogen-bond donors (Lipinski definition) is 1. The fourth-order valence-electron chi connectivity index (χ4n) is 2.79. The van der Waals surface area contributed by atoms with Crippen LogP contribution in [0.15, 0.2) is 50.7 Å². The molecule has 1 unspecified atom stereocenters. The van der Waals surface area contributed by atoms with Crippen molar-refractivity contribution in [3.63, 3.8) is 0 Å². The lowest BCUT2D eigenvalue weighted by molar-refractivity contribution is -0.134. The molecule has 0 saturated heterocycles. The van der Waals surface area contributed by atoms with Gasteiger partial charge in [-0.2, -0.15) is 5.10 Å². The molecule has 0 aromatic carbocycles. The van der Waals surface area contributed by atoms with Crippen molar-refractivity contribution in [1.29, 1.82) is 0 Å². The number of likely N-dealkylation sites (N-methyl/N-ethyl adjacent to an activating group) is 1. The van der Waals surface area contributed by atoms with Crippen LogP contribution in [-0.2, 0) is 4.79 Å². The fraction of sp³-hybridized carbons (Fsp3) is 0.412. The van der Waals surface area contributed by atoms with Crippen LogP contribution in [0.5, 0.6) is 0 Å². The molecule has 7 nitrogen and oxygen atoms in total. The van der Waals surface area contributed by atoms with Crippen LogP contribution in [0.4, 0.5) is 0 Å². The molecule has 3 rings (SSSR count). The first-order chi connectivity index (χ1) is 11.7. The van der Waals surface area contributed by atoms with Gasteiger partial charge in [-0.25, -0.2) is 5.01 Å². The third-order valence-electron chi connectivity index (χ3n) is 4.07. The zero-order valence-electron chi connectivity index (χ0n) is 13.6. The molecule has 7 heteroatoms. The lowest BCUT2D eigenvalue weighted by atomic mass is 10.1. The Labute approximate surface area is 140 Å². The number of amides is 1. The smallest absolute Gasteiger partial charge is 0.257 e. The number of aliphatic hydroxyl groups excluding tert-OH is 1. The summed E-state index contributed by atoms with van der Waals surface area (Å²) >= 11 is 0. The number of furan rings is 2. The summed E-state index contributed by atoms with van der Waals surface area (Å²) in [6.45, 7) is 3.30. The predicted molar refractivity (Wildman–Crippen MR) is 87.4 cm³/mol. The van der Waals surface area contributed by atoms with Gasteiger partial charge in [-0.3, -0.25) is 9.69 Å². The van der Waals surface area contributed by atoms with Crippen molar-refractivity contribution >= 4 is 11.6 Å². The molecule has 2 aromatic rings. The highest BCUT2D eigenvalue weighted by atomic mass is 16.3. The van der Waals surface area contributed by atoms with E-state index in [1.165, 1.54) is 5.01 Å². The Morgan fingerprint density at radius 1 is 1.38 bits per heavy atom. The zero-order chi connectivity index (χ0) is 16.9. The van der Waals surface area contributed by atoms with E-state index in [0.717, 1.165) is 5.71 Å². The third kappa shape index (κ3) is 3.42. The summed E-state index contributed by atoms with van der Waals surface area (Å²) < 4.78 is 10.9. The first-order valence-electron chi connectivity index (χ1n) is 8.03. The summed E-state index contributed by atoms with van der Waals surface area (Å²) in [4.78, 5) is 14.6. The van der Waals surface area contributed by atoms with Gasteiger partial charge < -0.3 is 13.9 Å². The maximum Gasteiger partial charge on any atom is 0.257 e. The SMILES string of the molecule is CCN(CCO)CC(=O)N1N=C(c2ccco2)CC1c1ccco1. The second kappa shape index (κ2) is 7.46. The molecule has 1 aliphatic heterocycles. The highest BCUT2D eigenvalue weighted by molar-refractivity contribution is 6.01. The quantitative estimate of drug-likeness (QED) is 0.837. The molecule has 128 valence electrons. The highest BCUT2D eigenvalue weighted by Crippen LogP contribution is 2.33. The predicted octanol–water partition coefficient (Wildman–Crippen LogP) is 1.86. The van der Waals surface area contributed by atoms with Gasteiger partial charge in [-0.05, 0) is 30.8 Å². The van der Waals surface area contributed by atoms with E-state index < -0.39 is 0 Å². The Hall–Kier alpha value is -2.38. The Morgan fingerprint density at radius 3 is 2.79 bits per heavy atom. The molecule has 0 saturated carbocycles. The number of hydrogen-bond acceptors (Lipinski definition) is 6. The Bertz CT molecular complexity index is 679. The third-order valence-corrected chi connectivity index (χ3v) is 4.07. The molecule has 1 aliphatic rings. The van der Waals surface area contributed by atoms with E-state index in [0.29, 0.717) is 31.0 Å². The van der Waals surface area contributed by atoms with Gasteiger partial charge in [0.05, 0.1) is 25.7 Å². The van der Waals surface area contributed by atoms with Crippen LogP contribution >= 0.6 is 0 Å². The molecule has 3 heterocycles. The molecule has 1 amide bonds. The normalized spacial score (nSPS) is 17.5. The summed E-state index contributed by atoms with van der Waals surface area (Å²) in [6, 6.07) is 6.99. The van der Waals surface area contributed by atoms with Crippen LogP contribution in [-0.4, -0.2) is 52.9 Å². The summed E-state index contributed by atoms with van der Waals surface area (Å²) in [7, 11) is 0. The van der Waals surface area contributed by atoms with Crippen molar-refractivity contribution in [2.75, 3.05) is 26.2 Å². The molecule has 24 heavy (non-hydrogen) atoms. The lowest BCUT2D eigenvalue weighted by Gasteiger charge is -2.24. The van der Waals surface area contributed by atoms with Crippen molar-refractivity contribution in [2.45, 2.75) is 19.4 Å². The molecule has 0 aliphatic carbocycles. The van der Waals surface area contributed by atoms with Gasteiger partial charge in [-0.1, -0.05) is 6.92 Å². The number of rotatable bonds is 7. The standard InChI is InChI=1S/C17H21N3O4/c1-2-19(7-8-21)12-17(22)20-14(16-6-4-10-24-16)11-13(18-20)15-5-3-9-23-15/h3-6,9-10,14,21H,2,7-8,11-12H2,1H3. The van der Waals surface area contributed by atoms with Gasteiger partial charge in [-0.15, -0.1) is 0 Å². The van der Waals surface area contributed by atoms with Crippen molar-refractivity contribution in [3.05, 3.63) is 48.3 Å². The maximum absolute atomic E-state index is 12.7. The summed E-state index contributed by atoms with van der Waals surface area (Å²) in [6.07, 6.45) is 3.72. The molecular formula is C17H21N3O4. The second-order valence-corrected chi connectivity index (χ2v) is 5.59. The van der Waals surface area contributed by atoms with Gasteiger partial charge in [0.25, 0.3) is 5.91 Å². The minimum atomic E-state index is -0.277. The highest BCUT2D eigenvalue weighted by Gasteiger charge is 2.35. The molecule has 2 aromatic heterocycles. The minimum absolute atomic E-state index is 0.0175. The Morgan fingerprint density at radius 2 is 2.17 bits per heavy atom. The van der Waals surface area contributed by atoms with E-state index in [-0.39, 0.29) is 25.1 Å². The van der Waals surface area contributed by atoms with E-state index in [1.807, 2.05) is 24.0 Å². The summed E-state index contributed by atoms with van der Waals surface area (Å²) in [5, 5.41) is 15.0. The van der Waals surface area contributed by atoms with Crippen molar-refractivity contribution in [1.82, 2.24) is 9.91 Å². The molecule has 0 bridgehead atoms. The van der Waals surface area contributed by atoms with E-state index in [4.69, 9.17) is 13.9 Å². The van der Waals surface area contributed by atoms with Crippen LogP contribution in [0.25, 0.3) is 0 Å². The molecule has 0 radical (unpaired) electrons. The van der Waals surface area contributed by atoms with Crippen molar-refractivity contribution in [3.8, 4) is 0 Å². The summed E-state index contributed by atoms with van der Waals surface area (Å²) in [5.41, 5.74) is 0.722. The average Bonchev–Trinajstić information content (AvgIpc) is 3.33. The number of hydrazone groups is 1. The maximum atomic E-state index is 12.7. The number of carbonyl (C=O) groups is 1. The summed E-state index contributed by atoms with van der Waals surface area (Å²) in [5.74, 6) is 1.22. The van der Waals surface area contributed by atoms with Gasteiger partial charge in [0, 0.05) is 13.0 Å². The Balaban J connectivity index is 1.81. The van der Waals surface area contributed by atoms with Crippen LogP contribution in [0.1, 0.15) is 30.9 Å². The van der Waals surface area contributed by atoms with Crippen LogP contribution in [0.2, 0.25) is 0 Å². The van der Waals surface area contributed by atoms with E-state index >= 15 is 0 Å².